The Morgan fingerprint density at radius 2 is 1.16 bits per heavy atom. The predicted molar refractivity (Wildman–Crippen MR) is 135 cm³/mol. The van der Waals surface area contributed by atoms with Gasteiger partial charge in [-0.05, 0) is 29.7 Å². The average Bonchev–Trinajstić information content (AvgIpc) is 3.13. The summed E-state index contributed by atoms with van der Waals surface area (Å²) in [5.74, 6) is 0. The van der Waals surface area contributed by atoms with Crippen molar-refractivity contribution in [3.8, 4) is 28.1 Å². The monoisotopic (exact) mass is 408 g/mol. The summed E-state index contributed by atoms with van der Waals surface area (Å²) >= 11 is 0. The first kappa shape index (κ1) is 17.4. The summed E-state index contributed by atoms with van der Waals surface area (Å²) in [6.07, 6.45) is 0. The van der Waals surface area contributed by atoms with Crippen LogP contribution >= 0.6 is 0 Å². The van der Waals surface area contributed by atoms with Crippen LogP contribution in [0.3, 0.4) is 0 Å². The van der Waals surface area contributed by atoms with E-state index in [0.29, 0.717) is 0 Å². The van der Waals surface area contributed by atoms with E-state index in [1.165, 1.54) is 49.7 Å². The van der Waals surface area contributed by atoms with Crippen molar-refractivity contribution in [1.82, 2.24) is 4.57 Å². The Labute approximate surface area is 186 Å². The van der Waals surface area contributed by atoms with E-state index in [1.807, 2.05) is 0 Å². The zero-order valence-corrected chi connectivity index (χ0v) is 17.4. The zero-order chi connectivity index (χ0) is 21.1. The second-order valence-corrected chi connectivity index (χ2v) is 8.29. The van der Waals surface area contributed by atoms with Crippen LogP contribution < -0.4 is 5.32 Å². The SMILES string of the molecule is c1ccc(-n2c3c(c4ccc5ccccc5c42)-c2ccccc2Nc2ccccc2-3)cc1. The molecule has 5 aromatic carbocycles. The fraction of sp³-hybridized carbons (Fsp3) is 0. The molecule has 1 N–H and O–H groups in total. The normalized spacial score (nSPS) is 12.0. The van der Waals surface area contributed by atoms with Gasteiger partial charge in [0.2, 0.25) is 0 Å². The average molecular weight is 409 g/mol. The minimum atomic E-state index is 1.13. The second kappa shape index (κ2) is 6.60. The van der Waals surface area contributed by atoms with Gasteiger partial charge in [-0.15, -0.1) is 0 Å². The van der Waals surface area contributed by atoms with E-state index in [-0.39, 0.29) is 0 Å². The Kier molecular flexibility index (Phi) is 3.58. The molecule has 0 saturated carbocycles. The Hall–Kier alpha value is -4.30. The molecule has 6 aromatic rings. The van der Waals surface area contributed by atoms with Gasteiger partial charge in [0.15, 0.2) is 0 Å². The van der Waals surface area contributed by atoms with Gasteiger partial charge in [0.25, 0.3) is 0 Å². The third-order valence-electron chi connectivity index (χ3n) is 6.52. The summed E-state index contributed by atoms with van der Waals surface area (Å²) in [7, 11) is 0. The maximum Gasteiger partial charge on any atom is 0.0641 e. The molecule has 0 aliphatic carbocycles. The summed E-state index contributed by atoms with van der Waals surface area (Å²) in [5, 5.41) is 7.50. The van der Waals surface area contributed by atoms with E-state index in [4.69, 9.17) is 0 Å². The number of para-hydroxylation sites is 3. The van der Waals surface area contributed by atoms with Crippen molar-refractivity contribution >= 4 is 33.1 Å². The van der Waals surface area contributed by atoms with Crippen LogP contribution in [0, 0.1) is 0 Å². The molecule has 0 atom stereocenters. The molecule has 0 bridgehead atoms. The number of nitrogens with zero attached hydrogens (tertiary/aromatic N) is 1. The molecule has 150 valence electrons. The highest BCUT2D eigenvalue weighted by Gasteiger charge is 2.27. The molecule has 0 radical (unpaired) electrons. The number of aromatic nitrogens is 1. The largest absolute Gasteiger partial charge is 0.354 e. The standard InChI is InChI=1S/C30H20N2/c1-2-11-21(12-3-1)32-29-22-13-5-4-10-20(22)18-19-25(29)28-23-14-6-8-16-26(23)31-27-17-9-7-15-24(27)30(28)32/h1-19,31H. The highest BCUT2D eigenvalue weighted by Crippen LogP contribution is 2.50. The maximum absolute atomic E-state index is 3.70. The van der Waals surface area contributed by atoms with Crippen molar-refractivity contribution in [3.63, 3.8) is 0 Å². The summed E-state index contributed by atoms with van der Waals surface area (Å²) in [6.45, 7) is 0. The van der Waals surface area contributed by atoms with Crippen molar-refractivity contribution < 1.29 is 0 Å². The molecule has 1 aromatic heterocycles. The molecule has 1 aliphatic heterocycles. The number of benzene rings is 5. The number of hydrogen-bond donors (Lipinski definition) is 1. The van der Waals surface area contributed by atoms with Gasteiger partial charge in [0.1, 0.15) is 0 Å². The number of rotatable bonds is 1. The minimum Gasteiger partial charge on any atom is -0.354 e. The Morgan fingerprint density at radius 3 is 2.00 bits per heavy atom. The maximum atomic E-state index is 3.70. The fourth-order valence-electron chi connectivity index (χ4n) is 5.17. The molecule has 0 amide bonds. The highest BCUT2D eigenvalue weighted by molar-refractivity contribution is 6.18. The number of anilines is 2. The summed E-state index contributed by atoms with van der Waals surface area (Å²) in [6, 6.07) is 41.2. The van der Waals surface area contributed by atoms with Crippen LogP contribution in [0.25, 0.3) is 49.7 Å². The predicted octanol–water partition coefficient (Wildman–Crippen LogP) is 8.17. The van der Waals surface area contributed by atoms with Gasteiger partial charge in [-0.1, -0.05) is 91.0 Å². The van der Waals surface area contributed by atoms with Crippen molar-refractivity contribution in [3.05, 3.63) is 115 Å². The van der Waals surface area contributed by atoms with Gasteiger partial charge in [0.05, 0.1) is 11.2 Å². The van der Waals surface area contributed by atoms with Crippen LogP contribution in [0.5, 0.6) is 0 Å². The lowest BCUT2D eigenvalue weighted by molar-refractivity contribution is 1.14. The van der Waals surface area contributed by atoms with E-state index in [9.17, 15) is 0 Å². The molecular weight excluding hydrogens is 388 g/mol. The second-order valence-electron chi connectivity index (χ2n) is 8.29. The first-order valence-electron chi connectivity index (χ1n) is 11.0. The minimum absolute atomic E-state index is 1.13. The molecule has 2 nitrogen and oxygen atoms in total. The van der Waals surface area contributed by atoms with Gasteiger partial charge < -0.3 is 9.88 Å². The number of hydrogen-bond acceptors (Lipinski definition) is 1. The number of nitrogens with one attached hydrogen (secondary N) is 1. The lowest BCUT2D eigenvalue weighted by Gasteiger charge is -2.15. The molecule has 32 heavy (non-hydrogen) atoms. The van der Waals surface area contributed by atoms with Gasteiger partial charge in [-0.25, -0.2) is 0 Å². The smallest absolute Gasteiger partial charge is 0.0641 e. The molecule has 0 spiro atoms. The van der Waals surface area contributed by atoms with Gasteiger partial charge in [-0.3, -0.25) is 0 Å². The lowest BCUT2D eigenvalue weighted by Crippen LogP contribution is -1.98. The summed E-state index contributed by atoms with van der Waals surface area (Å²) in [4.78, 5) is 0. The molecule has 7 rings (SSSR count). The van der Waals surface area contributed by atoms with Crippen molar-refractivity contribution in [1.29, 1.82) is 0 Å². The molecular formula is C30H20N2. The lowest BCUT2D eigenvalue weighted by atomic mass is 9.97. The number of fused-ring (bicyclic) bond motifs is 9. The van der Waals surface area contributed by atoms with E-state index in [1.54, 1.807) is 0 Å². The van der Waals surface area contributed by atoms with E-state index in [2.05, 4.69) is 125 Å². The van der Waals surface area contributed by atoms with Gasteiger partial charge in [-0.2, -0.15) is 0 Å². The van der Waals surface area contributed by atoms with Crippen LogP contribution in [0.15, 0.2) is 115 Å². The highest BCUT2D eigenvalue weighted by atomic mass is 15.0. The van der Waals surface area contributed by atoms with Crippen LogP contribution in [-0.2, 0) is 0 Å². The molecule has 1 aliphatic rings. The molecule has 2 heterocycles. The molecule has 2 heteroatoms. The summed E-state index contributed by atoms with van der Waals surface area (Å²) in [5.41, 5.74) is 9.65. The third kappa shape index (κ3) is 2.35. The fourth-order valence-corrected chi connectivity index (χ4v) is 5.17. The topological polar surface area (TPSA) is 17.0 Å². The van der Waals surface area contributed by atoms with E-state index < -0.39 is 0 Å². The molecule has 0 saturated heterocycles. The van der Waals surface area contributed by atoms with Crippen LogP contribution in [0.4, 0.5) is 11.4 Å². The Bertz CT molecular complexity index is 1640. The van der Waals surface area contributed by atoms with Crippen molar-refractivity contribution in [2.75, 3.05) is 5.32 Å². The zero-order valence-electron chi connectivity index (χ0n) is 17.4. The van der Waals surface area contributed by atoms with Gasteiger partial charge in [0, 0.05) is 44.5 Å². The van der Waals surface area contributed by atoms with Crippen LogP contribution in [-0.4, -0.2) is 4.57 Å². The summed E-state index contributed by atoms with van der Waals surface area (Å²) < 4.78 is 2.45. The van der Waals surface area contributed by atoms with Crippen molar-refractivity contribution in [2.24, 2.45) is 0 Å². The first-order valence-corrected chi connectivity index (χ1v) is 11.0. The first-order chi connectivity index (χ1) is 15.9. The van der Waals surface area contributed by atoms with Crippen LogP contribution in [0.2, 0.25) is 0 Å². The van der Waals surface area contributed by atoms with Crippen LogP contribution in [0.1, 0.15) is 0 Å². The molecule has 0 fully saturated rings. The molecule has 0 unspecified atom stereocenters. The van der Waals surface area contributed by atoms with E-state index in [0.717, 1.165) is 11.4 Å². The Morgan fingerprint density at radius 1 is 0.500 bits per heavy atom. The van der Waals surface area contributed by atoms with Crippen molar-refractivity contribution in [2.45, 2.75) is 0 Å². The Balaban J connectivity index is 1.79. The van der Waals surface area contributed by atoms with Gasteiger partial charge >= 0.3 is 0 Å². The quantitative estimate of drug-likeness (QED) is 0.290. The third-order valence-corrected chi connectivity index (χ3v) is 6.52. The van der Waals surface area contributed by atoms with E-state index >= 15 is 0 Å².